The van der Waals surface area contributed by atoms with Crippen molar-refractivity contribution in [3.63, 3.8) is 0 Å². The van der Waals surface area contributed by atoms with E-state index in [2.05, 4.69) is 15.3 Å². The fraction of sp³-hybridized carbons (Fsp3) is 0.375. The van der Waals surface area contributed by atoms with Crippen LogP contribution in [-0.2, 0) is 11.8 Å². The first-order valence-electron chi connectivity index (χ1n) is 7.90. The maximum Gasteiger partial charge on any atom is 0.293 e. The van der Waals surface area contributed by atoms with Crippen LogP contribution < -0.4 is 16.4 Å². The van der Waals surface area contributed by atoms with Crippen molar-refractivity contribution in [1.82, 2.24) is 19.4 Å². The molecule has 1 atom stereocenters. The van der Waals surface area contributed by atoms with Gasteiger partial charge in [-0.3, -0.25) is 14.4 Å². The van der Waals surface area contributed by atoms with E-state index in [0.717, 1.165) is 0 Å². The molecule has 0 aliphatic carbocycles. The van der Waals surface area contributed by atoms with E-state index in [1.807, 2.05) is 0 Å². The summed E-state index contributed by atoms with van der Waals surface area (Å²) >= 11 is 0. The average Bonchev–Trinajstić information content (AvgIpc) is 2.63. The number of nitrogens with zero attached hydrogens (tertiary/aromatic N) is 3. The third-order valence-corrected chi connectivity index (χ3v) is 3.99. The number of carbonyl (C=O) groups is 1. The largest absolute Gasteiger partial charge is 0.373 e. The summed E-state index contributed by atoms with van der Waals surface area (Å²) in [5.41, 5.74) is -0.539. The first kappa shape index (κ1) is 16.9. The highest BCUT2D eigenvalue weighted by Gasteiger charge is 2.26. The SMILES string of the molecule is Cn1ccnc(NCC2CN(C(=O)c3ccc[nH]c3=O)CCO2)c1=O. The Bertz CT molecular complexity index is 875. The second-order valence-electron chi connectivity index (χ2n) is 5.73. The van der Waals surface area contributed by atoms with E-state index in [1.54, 1.807) is 24.2 Å². The van der Waals surface area contributed by atoms with Crippen LogP contribution in [0, 0.1) is 0 Å². The van der Waals surface area contributed by atoms with E-state index in [4.69, 9.17) is 4.74 Å². The van der Waals surface area contributed by atoms with Gasteiger partial charge in [0.15, 0.2) is 5.82 Å². The van der Waals surface area contributed by atoms with Crippen LogP contribution >= 0.6 is 0 Å². The van der Waals surface area contributed by atoms with Gasteiger partial charge in [-0.15, -0.1) is 0 Å². The van der Waals surface area contributed by atoms with Crippen LogP contribution in [0.25, 0.3) is 0 Å². The second-order valence-corrected chi connectivity index (χ2v) is 5.73. The topological polar surface area (TPSA) is 109 Å². The zero-order valence-corrected chi connectivity index (χ0v) is 13.8. The summed E-state index contributed by atoms with van der Waals surface area (Å²) in [4.78, 5) is 44.3. The summed E-state index contributed by atoms with van der Waals surface area (Å²) in [5, 5.41) is 2.96. The van der Waals surface area contributed by atoms with Crippen LogP contribution in [0.2, 0.25) is 0 Å². The molecule has 0 spiro atoms. The number of aromatic amines is 1. The molecule has 1 aliphatic rings. The van der Waals surface area contributed by atoms with Gasteiger partial charge in [-0.2, -0.15) is 0 Å². The molecule has 132 valence electrons. The normalized spacial score (nSPS) is 17.3. The number of H-pyrrole nitrogens is 1. The van der Waals surface area contributed by atoms with Crippen molar-refractivity contribution in [1.29, 1.82) is 0 Å². The number of aromatic nitrogens is 3. The Labute approximate surface area is 143 Å². The Morgan fingerprint density at radius 1 is 1.48 bits per heavy atom. The molecule has 0 bridgehead atoms. The van der Waals surface area contributed by atoms with Gasteiger partial charge in [0.25, 0.3) is 17.0 Å². The lowest BCUT2D eigenvalue weighted by Crippen LogP contribution is -2.49. The number of rotatable bonds is 4. The van der Waals surface area contributed by atoms with E-state index in [-0.39, 0.29) is 29.0 Å². The molecule has 0 saturated carbocycles. The minimum Gasteiger partial charge on any atom is -0.373 e. The molecule has 2 aromatic rings. The molecule has 3 rings (SSSR count). The van der Waals surface area contributed by atoms with Gasteiger partial charge in [0.2, 0.25) is 0 Å². The van der Waals surface area contributed by atoms with Crippen molar-refractivity contribution >= 4 is 11.7 Å². The Balaban J connectivity index is 1.64. The van der Waals surface area contributed by atoms with Crippen LogP contribution in [0.4, 0.5) is 5.82 Å². The van der Waals surface area contributed by atoms with Crippen molar-refractivity contribution in [3.05, 3.63) is 57.0 Å². The summed E-state index contributed by atoms with van der Waals surface area (Å²) in [6.45, 7) is 1.44. The Morgan fingerprint density at radius 2 is 2.32 bits per heavy atom. The number of pyridine rings is 1. The lowest BCUT2D eigenvalue weighted by molar-refractivity contribution is -0.0150. The molecule has 2 N–H and O–H groups in total. The molecule has 1 fully saturated rings. The standard InChI is InChI=1S/C16H19N5O4/c1-20-6-5-17-13(16(20)24)19-9-11-10-21(7-8-25-11)15(23)12-3-2-4-18-14(12)22/h2-6,11H,7-10H2,1H3,(H,17,19)(H,18,22). The second kappa shape index (κ2) is 7.31. The summed E-state index contributed by atoms with van der Waals surface area (Å²) in [6, 6.07) is 3.12. The summed E-state index contributed by atoms with van der Waals surface area (Å²) in [6.07, 6.45) is 4.29. The fourth-order valence-electron chi connectivity index (χ4n) is 2.62. The lowest BCUT2D eigenvalue weighted by Gasteiger charge is -2.33. The number of aryl methyl sites for hydroxylation is 1. The molecule has 0 radical (unpaired) electrons. The van der Waals surface area contributed by atoms with Gasteiger partial charge in [-0.1, -0.05) is 0 Å². The van der Waals surface area contributed by atoms with Crippen molar-refractivity contribution in [2.75, 3.05) is 31.6 Å². The van der Waals surface area contributed by atoms with Gasteiger partial charge < -0.3 is 24.5 Å². The van der Waals surface area contributed by atoms with Crippen LogP contribution in [0.15, 0.2) is 40.3 Å². The number of nitrogens with one attached hydrogen (secondary N) is 2. The van der Waals surface area contributed by atoms with E-state index in [9.17, 15) is 14.4 Å². The van der Waals surface area contributed by atoms with Gasteiger partial charge in [0, 0.05) is 45.3 Å². The predicted molar refractivity (Wildman–Crippen MR) is 90.7 cm³/mol. The Morgan fingerprint density at radius 3 is 3.12 bits per heavy atom. The van der Waals surface area contributed by atoms with Crippen LogP contribution in [0.1, 0.15) is 10.4 Å². The van der Waals surface area contributed by atoms with Gasteiger partial charge in [-0.25, -0.2) is 4.98 Å². The van der Waals surface area contributed by atoms with E-state index in [0.29, 0.717) is 26.2 Å². The molecule has 2 aromatic heterocycles. The third kappa shape index (κ3) is 3.77. The number of ether oxygens (including phenoxy) is 1. The Hall–Kier alpha value is -2.94. The summed E-state index contributed by atoms with van der Waals surface area (Å²) in [5.74, 6) is -0.0968. The van der Waals surface area contributed by atoms with Crippen molar-refractivity contribution in [3.8, 4) is 0 Å². The molecule has 9 nitrogen and oxygen atoms in total. The van der Waals surface area contributed by atoms with Gasteiger partial charge in [-0.05, 0) is 12.1 Å². The molecule has 1 aliphatic heterocycles. The third-order valence-electron chi connectivity index (χ3n) is 3.99. The predicted octanol–water partition coefficient (Wildman–Crippen LogP) is -0.578. The zero-order valence-electron chi connectivity index (χ0n) is 13.8. The highest BCUT2D eigenvalue weighted by molar-refractivity contribution is 5.93. The van der Waals surface area contributed by atoms with E-state index >= 15 is 0 Å². The molecule has 0 aromatic carbocycles. The van der Waals surface area contributed by atoms with Gasteiger partial charge >= 0.3 is 0 Å². The fourth-order valence-corrected chi connectivity index (χ4v) is 2.62. The molecule has 25 heavy (non-hydrogen) atoms. The molecular formula is C16H19N5O4. The molecule has 3 heterocycles. The molecule has 1 unspecified atom stereocenters. The van der Waals surface area contributed by atoms with E-state index < -0.39 is 5.56 Å². The number of hydrogen-bond acceptors (Lipinski definition) is 6. The number of carbonyl (C=O) groups excluding carboxylic acids is 1. The zero-order chi connectivity index (χ0) is 17.8. The lowest BCUT2D eigenvalue weighted by atomic mass is 10.2. The van der Waals surface area contributed by atoms with Crippen molar-refractivity contribution in [2.45, 2.75) is 6.10 Å². The van der Waals surface area contributed by atoms with Crippen molar-refractivity contribution < 1.29 is 9.53 Å². The summed E-state index contributed by atoms with van der Waals surface area (Å²) in [7, 11) is 1.64. The number of anilines is 1. The number of morpholine rings is 1. The highest BCUT2D eigenvalue weighted by Crippen LogP contribution is 2.09. The molecular weight excluding hydrogens is 326 g/mol. The average molecular weight is 345 g/mol. The van der Waals surface area contributed by atoms with Crippen molar-refractivity contribution in [2.24, 2.45) is 7.05 Å². The molecule has 1 amide bonds. The van der Waals surface area contributed by atoms with E-state index in [1.165, 1.54) is 23.0 Å². The number of hydrogen-bond donors (Lipinski definition) is 2. The van der Waals surface area contributed by atoms with Gasteiger partial charge in [0.05, 0.1) is 12.7 Å². The first-order valence-corrected chi connectivity index (χ1v) is 7.90. The van der Waals surface area contributed by atoms with Gasteiger partial charge in [0.1, 0.15) is 5.56 Å². The number of amides is 1. The molecule has 9 heteroatoms. The monoisotopic (exact) mass is 345 g/mol. The van der Waals surface area contributed by atoms with Crippen LogP contribution in [0.5, 0.6) is 0 Å². The minimum atomic E-state index is -0.411. The smallest absolute Gasteiger partial charge is 0.293 e. The maximum atomic E-state index is 12.5. The summed E-state index contributed by atoms with van der Waals surface area (Å²) < 4.78 is 7.06. The maximum absolute atomic E-state index is 12.5. The van der Waals surface area contributed by atoms with Crippen LogP contribution in [0.3, 0.4) is 0 Å². The Kier molecular flexibility index (Phi) is 4.94. The molecule has 1 saturated heterocycles. The quantitative estimate of drug-likeness (QED) is 0.767. The highest BCUT2D eigenvalue weighted by atomic mass is 16.5. The van der Waals surface area contributed by atoms with Crippen LogP contribution in [-0.4, -0.2) is 57.7 Å². The first-order chi connectivity index (χ1) is 12.1. The minimum absolute atomic E-state index is 0.106.